The Hall–Kier alpha value is -2.76. The normalized spacial score (nSPS) is 39.5. The molecule has 1 heterocycles. The number of rotatable bonds is 3. The van der Waals surface area contributed by atoms with E-state index in [0.29, 0.717) is 17.7 Å². The van der Waals surface area contributed by atoms with Crippen molar-refractivity contribution >= 4 is 23.0 Å². The predicted molar refractivity (Wildman–Crippen MR) is 183 cm³/mol. The molecule has 0 amide bonds. The Morgan fingerprint density at radius 1 is 0.956 bits per heavy atom. The first-order valence-corrected chi connectivity index (χ1v) is 17.5. The van der Waals surface area contributed by atoms with E-state index < -0.39 is 11.4 Å². The summed E-state index contributed by atoms with van der Waals surface area (Å²) < 4.78 is 0. The fraction of sp³-hybridized carbons (Fsp3) is 0.692. The predicted octanol–water partition coefficient (Wildman–Crippen LogP) is 8.49. The number of aromatic nitrogens is 2. The van der Waals surface area contributed by atoms with Gasteiger partial charge in [-0.3, -0.25) is 9.89 Å². The Morgan fingerprint density at radius 2 is 1.62 bits per heavy atom. The van der Waals surface area contributed by atoms with Crippen LogP contribution in [0.25, 0.3) is 5.57 Å². The molecule has 7 atom stereocenters. The van der Waals surface area contributed by atoms with Crippen molar-refractivity contribution < 1.29 is 9.90 Å². The van der Waals surface area contributed by atoms with Crippen LogP contribution in [-0.4, -0.2) is 35.4 Å². The molecule has 5 aliphatic carbocycles. The lowest BCUT2D eigenvalue weighted by Crippen LogP contribution is -2.65. The lowest BCUT2D eigenvalue weighted by atomic mass is 9.33. The molecule has 0 radical (unpaired) electrons. The number of nitrogen functional groups attached to an aromatic ring is 1. The zero-order valence-corrected chi connectivity index (χ0v) is 29.2. The number of benzene rings is 1. The number of hydrogen-bond donors (Lipinski definition) is 3. The Labute approximate surface area is 270 Å². The second-order valence-electron chi connectivity index (χ2n) is 18.2. The first-order valence-electron chi connectivity index (χ1n) is 17.5. The van der Waals surface area contributed by atoms with E-state index in [1.807, 2.05) is 0 Å². The summed E-state index contributed by atoms with van der Waals surface area (Å²) in [7, 11) is 4.19. The van der Waals surface area contributed by atoms with Gasteiger partial charge in [0.2, 0.25) is 0 Å². The maximum atomic E-state index is 13.4. The van der Waals surface area contributed by atoms with Crippen LogP contribution in [0.2, 0.25) is 0 Å². The van der Waals surface area contributed by atoms with Gasteiger partial charge >= 0.3 is 5.97 Å². The summed E-state index contributed by atoms with van der Waals surface area (Å²) >= 11 is 0. The van der Waals surface area contributed by atoms with Crippen LogP contribution < -0.4 is 10.6 Å². The number of carbonyl (C=O) groups is 1. The summed E-state index contributed by atoms with van der Waals surface area (Å²) in [5.74, 6) is 1.10. The third-order valence-corrected chi connectivity index (χ3v) is 15.1. The molecule has 4 N–H and O–H groups in total. The molecule has 2 aromatic rings. The van der Waals surface area contributed by atoms with Crippen LogP contribution in [0, 0.1) is 44.8 Å². The lowest BCUT2D eigenvalue weighted by Gasteiger charge is -2.71. The highest BCUT2D eigenvalue weighted by atomic mass is 16.4. The van der Waals surface area contributed by atoms with Gasteiger partial charge < -0.3 is 15.7 Å². The number of carboxylic acids is 1. The van der Waals surface area contributed by atoms with E-state index in [1.165, 1.54) is 46.5 Å². The van der Waals surface area contributed by atoms with E-state index in [4.69, 9.17) is 5.73 Å². The number of aliphatic carboxylic acids is 1. The SMILES string of the molecule is CN(C)c1ccc(C2=C3[C@@H]4CC(C)(C)CC[C@]4(C(=O)O)CC[C@@]3(C)[C@]3(C)CC[C@H]4C(C)(C)c5[nH]nc(N)c5C[C@]4(C)C3C2)cc1. The van der Waals surface area contributed by atoms with Crippen molar-refractivity contribution in [3.05, 3.63) is 46.7 Å². The van der Waals surface area contributed by atoms with Crippen LogP contribution in [0.3, 0.4) is 0 Å². The van der Waals surface area contributed by atoms with Crippen LogP contribution in [-0.2, 0) is 16.6 Å². The standard InChI is InChI=1S/C39H56N4O2/c1-34(2)16-18-39(33(44)45)19-17-38(7)30(27(39)22-34)25(23-10-12-24(13-11-23)43(8)9)20-29-36(5)21-26-31(41-42-32(26)40)35(3,4)28(36)14-15-37(29,38)6/h10-13,27-29H,14-22H2,1-9H3,(H,44,45)(H3,40,41,42)/t27-,28-,29?,36-,37+,38+,39-/m0/s1. The largest absolute Gasteiger partial charge is 0.481 e. The van der Waals surface area contributed by atoms with Gasteiger partial charge in [0.15, 0.2) is 0 Å². The molecule has 244 valence electrons. The smallest absolute Gasteiger partial charge is 0.310 e. The fourth-order valence-electron chi connectivity index (χ4n) is 12.4. The van der Waals surface area contributed by atoms with Gasteiger partial charge in [0.1, 0.15) is 5.82 Å². The number of nitrogens with two attached hydrogens (primary N) is 1. The van der Waals surface area contributed by atoms with Crippen LogP contribution in [0.4, 0.5) is 11.5 Å². The highest BCUT2D eigenvalue weighted by Gasteiger charge is 2.70. The van der Waals surface area contributed by atoms with Gasteiger partial charge in [0.05, 0.1) is 5.41 Å². The molecular weight excluding hydrogens is 556 g/mol. The Morgan fingerprint density at radius 3 is 2.27 bits per heavy atom. The van der Waals surface area contributed by atoms with Crippen molar-refractivity contribution in [2.75, 3.05) is 24.7 Å². The number of carboxylic acid groups (broad SMARTS) is 1. The van der Waals surface area contributed by atoms with Gasteiger partial charge in [-0.1, -0.05) is 66.2 Å². The highest BCUT2D eigenvalue weighted by Crippen LogP contribution is 2.77. The van der Waals surface area contributed by atoms with Crippen molar-refractivity contribution in [1.82, 2.24) is 10.2 Å². The molecule has 0 bridgehead atoms. The molecule has 0 spiro atoms. The van der Waals surface area contributed by atoms with Crippen LogP contribution in [0.1, 0.15) is 117 Å². The number of nitrogens with zero attached hydrogens (tertiary/aromatic N) is 2. The zero-order chi connectivity index (χ0) is 32.5. The van der Waals surface area contributed by atoms with Gasteiger partial charge in [-0.05, 0) is 120 Å². The topological polar surface area (TPSA) is 95.2 Å². The minimum Gasteiger partial charge on any atom is -0.481 e. The lowest BCUT2D eigenvalue weighted by molar-refractivity contribution is -0.175. The van der Waals surface area contributed by atoms with E-state index in [1.54, 1.807) is 0 Å². The number of H-pyrrole nitrogens is 1. The van der Waals surface area contributed by atoms with Gasteiger partial charge in [0.25, 0.3) is 0 Å². The van der Waals surface area contributed by atoms with Gasteiger partial charge in [-0.15, -0.1) is 0 Å². The number of aromatic amines is 1. The molecular formula is C39H56N4O2. The monoisotopic (exact) mass is 612 g/mol. The summed E-state index contributed by atoms with van der Waals surface area (Å²) in [6.45, 7) is 17.3. The summed E-state index contributed by atoms with van der Waals surface area (Å²) in [6.07, 6.45) is 8.72. The van der Waals surface area contributed by atoms with E-state index in [0.717, 1.165) is 44.9 Å². The quantitative estimate of drug-likeness (QED) is 0.323. The zero-order valence-electron chi connectivity index (χ0n) is 29.2. The van der Waals surface area contributed by atoms with Crippen molar-refractivity contribution in [1.29, 1.82) is 0 Å². The van der Waals surface area contributed by atoms with Crippen molar-refractivity contribution in [3.63, 3.8) is 0 Å². The van der Waals surface area contributed by atoms with Crippen LogP contribution >= 0.6 is 0 Å². The Kier molecular flexibility index (Phi) is 6.46. The maximum Gasteiger partial charge on any atom is 0.310 e. The average Bonchev–Trinajstić information content (AvgIpc) is 3.33. The molecule has 0 aliphatic heterocycles. The molecule has 6 heteroatoms. The van der Waals surface area contributed by atoms with Crippen molar-refractivity contribution in [3.8, 4) is 0 Å². The summed E-state index contributed by atoms with van der Waals surface area (Å²) in [4.78, 5) is 15.6. The van der Waals surface area contributed by atoms with Gasteiger partial charge in [-0.25, -0.2) is 0 Å². The van der Waals surface area contributed by atoms with Crippen LogP contribution in [0.15, 0.2) is 29.8 Å². The van der Waals surface area contributed by atoms with E-state index in [9.17, 15) is 9.90 Å². The molecule has 6 nitrogen and oxygen atoms in total. The average molecular weight is 613 g/mol. The third kappa shape index (κ3) is 3.92. The minimum absolute atomic E-state index is 0.0397. The second kappa shape index (κ2) is 9.41. The molecule has 3 saturated carbocycles. The van der Waals surface area contributed by atoms with Gasteiger partial charge in [0, 0.05) is 36.5 Å². The molecule has 1 aromatic heterocycles. The molecule has 1 unspecified atom stereocenters. The van der Waals surface area contributed by atoms with Gasteiger partial charge in [-0.2, -0.15) is 5.10 Å². The van der Waals surface area contributed by atoms with E-state index in [-0.39, 0.29) is 33.0 Å². The molecule has 45 heavy (non-hydrogen) atoms. The number of nitrogens with one attached hydrogen (secondary N) is 1. The van der Waals surface area contributed by atoms with E-state index in [2.05, 4.69) is 102 Å². The first kappa shape index (κ1) is 30.9. The second-order valence-corrected chi connectivity index (χ2v) is 18.2. The molecule has 7 rings (SSSR count). The number of hydrogen-bond acceptors (Lipinski definition) is 4. The molecule has 3 fully saturated rings. The fourth-order valence-corrected chi connectivity index (χ4v) is 12.4. The molecule has 1 aromatic carbocycles. The molecule has 5 aliphatic rings. The van der Waals surface area contributed by atoms with Crippen molar-refractivity contribution in [2.24, 2.45) is 44.8 Å². The van der Waals surface area contributed by atoms with E-state index >= 15 is 0 Å². The Balaban J connectivity index is 1.48. The van der Waals surface area contributed by atoms with Crippen LogP contribution in [0.5, 0.6) is 0 Å². The van der Waals surface area contributed by atoms with Crippen molar-refractivity contribution in [2.45, 2.75) is 112 Å². The summed E-state index contributed by atoms with van der Waals surface area (Å²) in [6, 6.07) is 9.15. The number of anilines is 2. The third-order valence-electron chi connectivity index (χ3n) is 15.1. The highest BCUT2D eigenvalue weighted by molar-refractivity contribution is 5.80. The Bertz CT molecular complexity index is 1580. The first-order chi connectivity index (χ1) is 20.9. The number of allylic oxidation sites excluding steroid dienone is 2. The summed E-state index contributed by atoms with van der Waals surface area (Å²) in [5.41, 5.74) is 13.9. The minimum atomic E-state index is -0.670. The summed E-state index contributed by atoms with van der Waals surface area (Å²) in [5, 5.41) is 18.9. The maximum absolute atomic E-state index is 13.4. The number of fused-ring (bicyclic) bond motifs is 8. The molecule has 0 saturated heterocycles.